The lowest BCUT2D eigenvalue weighted by atomic mass is 10.1. The quantitative estimate of drug-likeness (QED) is 0.621. The van der Waals surface area contributed by atoms with Crippen molar-refractivity contribution in [2.45, 2.75) is 26.3 Å². The number of aromatic nitrogens is 1. The van der Waals surface area contributed by atoms with E-state index in [1.807, 2.05) is 24.4 Å². The summed E-state index contributed by atoms with van der Waals surface area (Å²) < 4.78 is 8.05. The smallest absolute Gasteiger partial charge is 0.302 e. The van der Waals surface area contributed by atoms with E-state index in [-0.39, 0.29) is 5.97 Å². The van der Waals surface area contributed by atoms with Gasteiger partial charge in [0.25, 0.3) is 0 Å². The molecular formula is C15H15BrN2O2. The molecule has 0 aliphatic heterocycles. The van der Waals surface area contributed by atoms with Gasteiger partial charge in [-0.3, -0.25) is 4.79 Å². The molecule has 5 heteroatoms. The number of carbonyl (C=O) groups excluding carboxylic acids is 1. The van der Waals surface area contributed by atoms with Crippen LogP contribution in [0.4, 0.5) is 0 Å². The summed E-state index contributed by atoms with van der Waals surface area (Å²) in [6.07, 6.45) is 3.16. The van der Waals surface area contributed by atoms with E-state index in [0.29, 0.717) is 13.0 Å². The fourth-order valence-electron chi connectivity index (χ4n) is 2.20. The van der Waals surface area contributed by atoms with Crippen LogP contribution in [0.15, 0.2) is 28.9 Å². The minimum atomic E-state index is -0.254. The second kappa shape index (κ2) is 6.58. The van der Waals surface area contributed by atoms with E-state index in [9.17, 15) is 4.79 Å². The van der Waals surface area contributed by atoms with E-state index < -0.39 is 0 Å². The zero-order chi connectivity index (χ0) is 14.5. The zero-order valence-corrected chi connectivity index (χ0v) is 12.8. The molecule has 4 nitrogen and oxygen atoms in total. The maximum Gasteiger partial charge on any atom is 0.302 e. The number of esters is 1. The van der Waals surface area contributed by atoms with Crippen LogP contribution in [-0.2, 0) is 22.5 Å². The number of hydrogen-bond donors (Lipinski definition) is 0. The molecule has 0 aliphatic carbocycles. The number of nitrogens with zero attached hydrogens (tertiary/aromatic N) is 2. The summed E-state index contributed by atoms with van der Waals surface area (Å²) >= 11 is 3.47. The highest BCUT2D eigenvalue weighted by atomic mass is 79.9. The average Bonchev–Trinajstić information content (AvgIpc) is 2.73. The normalized spacial score (nSPS) is 10.4. The van der Waals surface area contributed by atoms with Crippen molar-refractivity contribution in [3.8, 4) is 6.07 Å². The first-order valence-electron chi connectivity index (χ1n) is 6.39. The van der Waals surface area contributed by atoms with Gasteiger partial charge in [0.2, 0.25) is 0 Å². The van der Waals surface area contributed by atoms with Gasteiger partial charge < -0.3 is 9.30 Å². The molecule has 0 saturated heterocycles. The highest BCUT2D eigenvalue weighted by Gasteiger charge is 2.08. The SMILES string of the molecule is CC(=O)OCCCn1cc(CC#N)c2ccc(Br)cc21. The van der Waals surface area contributed by atoms with Gasteiger partial charge in [-0.15, -0.1) is 0 Å². The summed E-state index contributed by atoms with van der Waals surface area (Å²) in [5.74, 6) is -0.254. The van der Waals surface area contributed by atoms with Crippen LogP contribution in [-0.4, -0.2) is 17.1 Å². The molecule has 0 radical (unpaired) electrons. The molecule has 0 unspecified atom stereocenters. The number of rotatable bonds is 5. The van der Waals surface area contributed by atoms with Gasteiger partial charge in [0.15, 0.2) is 0 Å². The molecule has 0 saturated carbocycles. The van der Waals surface area contributed by atoms with Crippen LogP contribution in [0.2, 0.25) is 0 Å². The maximum atomic E-state index is 10.7. The number of hydrogen-bond acceptors (Lipinski definition) is 3. The minimum Gasteiger partial charge on any atom is -0.466 e. The molecule has 1 aromatic carbocycles. The van der Waals surface area contributed by atoms with E-state index >= 15 is 0 Å². The molecule has 20 heavy (non-hydrogen) atoms. The molecule has 0 amide bonds. The Hall–Kier alpha value is -1.80. The maximum absolute atomic E-state index is 10.7. The number of fused-ring (bicyclic) bond motifs is 1. The van der Waals surface area contributed by atoms with Crippen LogP contribution in [0.1, 0.15) is 18.9 Å². The summed E-state index contributed by atoms with van der Waals surface area (Å²) in [4.78, 5) is 10.7. The fraction of sp³-hybridized carbons (Fsp3) is 0.333. The minimum absolute atomic E-state index is 0.254. The second-order valence-corrected chi connectivity index (χ2v) is 5.45. The third-order valence-corrected chi connectivity index (χ3v) is 3.54. The predicted octanol–water partition coefficient (Wildman–Crippen LogP) is 3.42. The summed E-state index contributed by atoms with van der Waals surface area (Å²) in [6, 6.07) is 8.24. The standard InChI is InChI=1S/C15H15BrN2O2/c1-11(19)20-8-2-7-18-10-12(5-6-17)14-4-3-13(16)9-15(14)18/h3-4,9-10H,2,5,7-8H2,1H3. The van der Waals surface area contributed by atoms with Crippen LogP contribution < -0.4 is 0 Å². The lowest BCUT2D eigenvalue weighted by molar-refractivity contribution is -0.141. The highest BCUT2D eigenvalue weighted by molar-refractivity contribution is 9.10. The molecule has 1 aromatic heterocycles. The number of aryl methyl sites for hydroxylation is 1. The van der Waals surface area contributed by atoms with Crippen LogP contribution >= 0.6 is 15.9 Å². The lowest BCUT2D eigenvalue weighted by Gasteiger charge is -2.06. The predicted molar refractivity (Wildman–Crippen MR) is 80.2 cm³/mol. The molecule has 1 heterocycles. The summed E-state index contributed by atoms with van der Waals surface area (Å²) in [7, 11) is 0. The third kappa shape index (κ3) is 3.40. The van der Waals surface area contributed by atoms with Gasteiger partial charge in [-0.1, -0.05) is 22.0 Å². The number of halogens is 1. The van der Waals surface area contributed by atoms with Crippen LogP contribution in [0, 0.1) is 11.3 Å². The molecular weight excluding hydrogens is 320 g/mol. The van der Waals surface area contributed by atoms with Gasteiger partial charge in [0.05, 0.1) is 19.1 Å². The van der Waals surface area contributed by atoms with Gasteiger partial charge in [-0.25, -0.2) is 0 Å². The Balaban J connectivity index is 2.21. The van der Waals surface area contributed by atoms with Crippen LogP contribution in [0.3, 0.4) is 0 Å². The Morgan fingerprint density at radius 1 is 1.50 bits per heavy atom. The van der Waals surface area contributed by atoms with Gasteiger partial charge >= 0.3 is 5.97 Å². The van der Waals surface area contributed by atoms with Crippen molar-refractivity contribution in [1.29, 1.82) is 5.26 Å². The van der Waals surface area contributed by atoms with E-state index in [1.54, 1.807) is 0 Å². The van der Waals surface area contributed by atoms with Crippen molar-refractivity contribution in [2.24, 2.45) is 0 Å². The topological polar surface area (TPSA) is 55.0 Å². The number of nitriles is 1. The van der Waals surface area contributed by atoms with Crippen molar-refractivity contribution in [3.05, 3.63) is 34.4 Å². The number of carbonyl (C=O) groups is 1. The van der Waals surface area contributed by atoms with E-state index in [1.165, 1.54) is 6.92 Å². The summed E-state index contributed by atoms with van der Waals surface area (Å²) in [5, 5.41) is 9.99. The van der Waals surface area contributed by atoms with Crippen molar-refractivity contribution >= 4 is 32.8 Å². The molecule has 0 aliphatic rings. The van der Waals surface area contributed by atoms with Gasteiger partial charge in [-0.05, 0) is 24.1 Å². The first kappa shape index (κ1) is 14.6. The molecule has 0 atom stereocenters. The van der Waals surface area contributed by atoms with Crippen LogP contribution in [0.5, 0.6) is 0 Å². The first-order valence-corrected chi connectivity index (χ1v) is 7.18. The zero-order valence-electron chi connectivity index (χ0n) is 11.2. The molecule has 0 fully saturated rings. The number of ether oxygens (including phenoxy) is 1. The Morgan fingerprint density at radius 3 is 3.00 bits per heavy atom. The van der Waals surface area contributed by atoms with E-state index in [0.717, 1.165) is 33.9 Å². The Labute approximate surface area is 126 Å². The van der Waals surface area contributed by atoms with Gasteiger partial charge in [-0.2, -0.15) is 5.26 Å². The average molecular weight is 335 g/mol. The highest BCUT2D eigenvalue weighted by Crippen LogP contribution is 2.25. The van der Waals surface area contributed by atoms with E-state index in [2.05, 4.69) is 26.6 Å². The van der Waals surface area contributed by atoms with Gasteiger partial charge in [0.1, 0.15) is 0 Å². The molecule has 0 N–H and O–H groups in total. The molecule has 104 valence electrons. The van der Waals surface area contributed by atoms with Crippen molar-refractivity contribution in [2.75, 3.05) is 6.61 Å². The Morgan fingerprint density at radius 2 is 2.30 bits per heavy atom. The number of benzene rings is 1. The second-order valence-electron chi connectivity index (χ2n) is 4.54. The Kier molecular flexibility index (Phi) is 4.80. The van der Waals surface area contributed by atoms with E-state index in [4.69, 9.17) is 10.00 Å². The molecule has 0 bridgehead atoms. The molecule has 2 aromatic rings. The third-order valence-electron chi connectivity index (χ3n) is 3.05. The van der Waals surface area contributed by atoms with Crippen molar-refractivity contribution in [3.63, 3.8) is 0 Å². The Bertz CT molecular complexity index is 670. The largest absolute Gasteiger partial charge is 0.466 e. The van der Waals surface area contributed by atoms with Crippen LogP contribution in [0.25, 0.3) is 10.9 Å². The molecule has 2 rings (SSSR count). The molecule has 0 spiro atoms. The monoisotopic (exact) mass is 334 g/mol. The summed E-state index contributed by atoms with van der Waals surface area (Å²) in [6.45, 7) is 2.58. The summed E-state index contributed by atoms with van der Waals surface area (Å²) in [5.41, 5.74) is 2.12. The van der Waals surface area contributed by atoms with Gasteiger partial charge in [0, 0.05) is 35.0 Å². The van der Waals surface area contributed by atoms with Crippen molar-refractivity contribution in [1.82, 2.24) is 4.57 Å². The first-order chi connectivity index (χ1) is 9.61. The lowest BCUT2D eigenvalue weighted by Crippen LogP contribution is -2.04. The van der Waals surface area contributed by atoms with Crippen molar-refractivity contribution < 1.29 is 9.53 Å². The fourth-order valence-corrected chi connectivity index (χ4v) is 2.55.